The number of carbonyl (C=O) groups excluding carboxylic acids is 2. The first-order valence-corrected chi connectivity index (χ1v) is 11.1. The molecule has 7 heteroatoms. The van der Waals surface area contributed by atoms with Crippen LogP contribution in [-0.2, 0) is 16.1 Å². The highest BCUT2D eigenvalue weighted by Crippen LogP contribution is 2.35. The number of para-hydroxylation sites is 2. The lowest BCUT2D eigenvalue weighted by Crippen LogP contribution is -2.51. The number of carbonyl (C=O) groups is 2. The van der Waals surface area contributed by atoms with Gasteiger partial charge in [0.1, 0.15) is 23.8 Å². The molecule has 0 N–H and O–H groups in total. The molecule has 2 aliphatic rings. The van der Waals surface area contributed by atoms with Crippen LogP contribution in [0.2, 0.25) is 0 Å². The van der Waals surface area contributed by atoms with Crippen molar-refractivity contribution in [3.05, 3.63) is 48.0 Å². The number of benzene rings is 2. The minimum absolute atomic E-state index is 0.0154. The predicted octanol–water partition coefficient (Wildman–Crippen LogP) is 3.79. The van der Waals surface area contributed by atoms with Crippen LogP contribution in [0.1, 0.15) is 38.2 Å². The van der Waals surface area contributed by atoms with Crippen LogP contribution in [0.3, 0.4) is 0 Å². The van der Waals surface area contributed by atoms with Crippen molar-refractivity contribution in [3.8, 4) is 17.2 Å². The van der Waals surface area contributed by atoms with Crippen LogP contribution in [0.15, 0.2) is 42.5 Å². The fourth-order valence-electron chi connectivity index (χ4n) is 4.55. The lowest BCUT2D eigenvalue weighted by atomic mass is 10.1. The standard InChI is InChI=1S/C25H30N2O5/c1-17-25(29)27(21-10-6-7-11-22(21)32-17)16-24(28)26(19-8-4-5-9-19)15-18-12-13-20(30-2)14-23(18)31-3/h6-7,10-14,17,19H,4-5,8-9,15-16H2,1-3H3/t17-/m0/s1. The van der Waals surface area contributed by atoms with Crippen LogP contribution in [-0.4, -0.2) is 49.6 Å². The SMILES string of the molecule is COc1ccc(CN(C(=O)CN2C(=O)[C@H](C)Oc3ccccc32)C2CCCC2)c(OC)c1. The number of amides is 2. The molecule has 0 aromatic heterocycles. The van der Waals surface area contributed by atoms with E-state index in [9.17, 15) is 9.59 Å². The number of anilines is 1. The topological polar surface area (TPSA) is 68.3 Å². The summed E-state index contributed by atoms with van der Waals surface area (Å²) < 4.78 is 16.6. The van der Waals surface area contributed by atoms with E-state index in [0.717, 1.165) is 31.2 Å². The summed E-state index contributed by atoms with van der Waals surface area (Å²) in [4.78, 5) is 30.0. The van der Waals surface area contributed by atoms with Crippen LogP contribution < -0.4 is 19.1 Å². The van der Waals surface area contributed by atoms with E-state index in [0.29, 0.717) is 29.5 Å². The molecule has 32 heavy (non-hydrogen) atoms. The molecule has 0 saturated heterocycles. The van der Waals surface area contributed by atoms with Gasteiger partial charge >= 0.3 is 0 Å². The second-order valence-corrected chi connectivity index (χ2v) is 8.29. The zero-order valence-electron chi connectivity index (χ0n) is 18.9. The van der Waals surface area contributed by atoms with E-state index >= 15 is 0 Å². The number of methoxy groups -OCH3 is 2. The van der Waals surface area contributed by atoms with Crippen LogP contribution in [0.5, 0.6) is 17.2 Å². The monoisotopic (exact) mass is 438 g/mol. The van der Waals surface area contributed by atoms with Gasteiger partial charge in [0.05, 0.1) is 19.9 Å². The van der Waals surface area contributed by atoms with Crippen molar-refractivity contribution in [3.63, 3.8) is 0 Å². The third-order valence-electron chi connectivity index (χ3n) is 6.29. The van der Waals surface area contributed by atoms with Gasteiger partial charge in [0.25, 0.3) is 5.91 Å². The maximum absolute atomic E-state index is 13.6. The van der Waals surface area contributed by atoms with E-state index < -0.39 is 6.10 Å². The average molecular weight is 439 g/mol. The van der Waals surface area contributed by atoms with Gasteiger partial charge in [0.2, 0.25) is 5.91 Å². The molecule has 0 unspecified atom stereocenters. The minimum Gasteiger partial charge on any atom is -0.497 e. The Bertz CT molecular complexity index is 986. The van der Waals surface area contributed by atoms with Crippen LogP contribution >= 0.6 is 0 Å². The molecule has 7 nitrogen and oxygen atoms in total. The molecule has 1 heterocycles. The highest BCUT2D eigenvalue weighted by Gasteiger charge is 2.35. The zero-order valence-corrected chi connectivity index (χ0v) is 18.9. The van der Waals surface area contributed by atoms with Crippen LogP contribution in [0.25, 0.3) is 0 Å². The predicted molar refractivity (Wildman–Crippen MR) is 121 cm³/mol. The number of fused-ring (bicyclic) bond motifs is 1. The third-order valence-corrected chi connectivity index (χ3v) is 6.29. The van der Waals surface area contributed by atoms with E-state index in [-0.39, 0.29) is 24.4 Å². The first-order chi connectivity index (χ1) is 15.5. The maximum atomic E-state index is 13.6. The van der Waals surface area contributed by atoms with Gasteiger partial charge in [0.15, 0.2) is 6.10 Å². The Balaban J connectivity index is 1.60. The smallest absolute Gasteiger partial charge is 0.268 e. The molecule has 0 bridgehead atoms. The van der Waals surface area contributed by atoms with Gasteiger partial charge in [-0.05, 0) is 44.0 Å². The lowest BCUT2D eigenvalue weighted by Gasteiger charge is -2.35. The number of rotatable bonds is 7. The molecule has 4 rings (SSSR count). The highest BCUT2D eigenvalue weighted by molar-refractivity contribution is 6.03. The average Bonchev–Trinajstić information content (AvgIpc) is 3.34. The molecule has 1 saturated carbocycles. The fraction of sp³-hybridized carbons (Fsp3) is 0.440. The quantitative estimate of drug-likeness (QED) is 0.658. The number of hydrogen-bond donors (Lipinski definition) is 0. The van der Waals surface area contributed by atoms with Crippen molar-refractivity contribution in [1.82, 2.24) is 4.90 Å². The Morgan fingerprint density at radius 1 is 1.12 bits per heavy atom. The zero-order chi connectivity index (χ0) is 22.7. The molecule has 2 aromatic rings. The van der Waals surface area contributed by atoms with Gasteiger partial charge in [0, 0.05) is 24.2 Å². The van der Waals surface area contributed by atoms with Crippen molar-refractivity contribution in [2.75, 3.05) is 25.7 Å². The Morgan fingerprint density at radius 3 is 2.59 bits per heavy atom. The van der Waals surface area contributed by atoms with Crippen molar-refractivity contribution in [2.45, 2.75) is 51.3 Å². The second kappa shape index (κ2) is 9.51. The van der Waals surface area contributed by atoms with E-state index in [4.69, 9.17) is 14.2 Å². The number of ether oxygens (including phenoxy) is 3. The Labute approximate surface area is 188 Å². The third kappa shape index (κ3) is 4.38. The van der Waals surface area contributed by atoms with Gasteiger partial charge in [-0.25, -0.2) is 0 Å². The van der Waals surface area contributed by atoms with Gasteiger partial charge in [-0.15, -0.1) is 0 Å². The fourth-order valence-corrected chi connectivity index (χ4v) is 4.55. The summed E-state index contributed by atoms with van der Waals surface area (Å²) >= 11 is 0. The molecule has 1 fully saturated rings. The first-order valence-electron chi connectivity index (χ1n) is 11.1. The molecule has 1 aliphatic heterocycles. The van der Waals surface area contributed by atoms with Gasteiger partial charge in [-0.1, -0.05) is 25.0 Å². The molecular weight excluding hydrogens is 408 g/mol. The highest BCUT2D eigenvalue weighted by atomic mass is 16.5. The first kappa shape index (κ1) is 22.0. The Morgan fingerprint density at radius 2 is 1.88 bits per heavy atom. The molecule has 0 radical (unpaired) electrons. The molecule has 2 aromatic carbocycles. The van der Waals surface area contributed by atoms with Crippen molar-refractivity contribution in [1.29, 1.82) is 0 Å². The van der Waals surface area contributed by atoms with E-state index in [2.05, 4.69) is 0 Å². The van der Waals surface area contributed by atoms with E-state index in [1.165, 1.54) is 0 Å². The Kier molecular flexibility index (Phi) is 6.53. The summed E-state index contributed by atoms with van der Waals surface area (Å²) in [5, 5.41) is 0. The summed E-state index contributed by atoms with van der Waals surface area (Å²) in [6, 6.07) is 13.1. The molecule has 0 spiro atoms. The minimum atomic E-state index is -0.626. The largest absolute Gasteiger partial charge is 0.497 e. The summed E-state index contributed by atoms with van der Waals surface area (Å²) in [7, 11) is 3.23. The summed E-state index contributed by atoms with van der Waals surface area (Å²) in [6.07, 6.45) is 3.51. The van der Waals surface area contributed by atoms with Crippen molar-refractivity contribution in [2.24, 2.45) is 0 Å². The number of hydrogen-bond acceptors (Lipinski definition) is 5. The van der Waals surface area contributed by atoms with Gasteiger partial charge in [-0.2, -0.15) is 0 Å². The summed E-state index contributed by atoms with van der Waals surface area (Å²) in [5.74, 6) is 1.73. The van der Waals surface area contributed by atoms with E-state index in [1.54, 1.807) is 26.0 Å². The summed E-state index contributed by atoms with van der Waals surface area (Å²) in [5.41, 5.74) is 1.55. The molecule has 2 amide bonds. The van der Waals surface area contributed by atoms with Crippen LogP contribution in [0, 0.1) is 0 Å². The van der Waals surface area contributed by atoms with Gasteiger partial charge < -0.3 is 19.1 Å². The maximum Gasteiger partial charge on any atom is 0.268 e. The van der Waals surface area contributed by atoms with Gasteiger partial charge in [-0.3, -0.25) is 14.5 Å². The van der Waals surface area contributed by atoms with Crippen molar-refractivity contribution < 1.29 is 23.8 Å². The Hall–Kier alpha value is -3.22. The normalized spacial score (nSPS) is 18.2. The second-order valence-electron chi connectivity index (χ2n) is 8.29. The molecule has 1 atom stereocenters. The molecule has 1 aliphatic carbocycles. The van der Waals surface area contributed by atoms with Crippen molar-refractivity contribution >= 4 is 17.5 Å². The molecular formula is C25H30N2O5. The summed E-state index contributed by atoms with van der Waals surface area (Å²) in [6.45, 7) is 2.12. The number of nitrogens with zero attached hydrogens (tertiary/aromatic N) is 2. The lowest BCUT2D eigenvalue weighted by molar-refractivity contribution is -0.135. The van der Waals surface area contributed by atoms with Crippen LogP contribution in [0.4, 0.5) is 5.69 Å². The van der Waals surface area contributed by atoms with E-state index in [1.807, 2.05) is 47.4 Å². The molecule has 170 valence electrons.